The number of hydrogen-bond acceptors (Lipinski definition) is 10. The van der Waals surface area contributed by atoms with E-state index >= 15 is 0 Å². The minimum absolute atomic E-state index is 0.0942. The summed E-state index contributed by atoms with van der Waals surface area (Å²) >= 11 is 0. The van der Waals surface area contributed by atoms with Crippen LogP contribution in [-0.4, -0.2) is 88.8 Å². The van der Waals surface area contributed by atoms with Crippen molar-refractivity contribution in [3.05, 3.63) is 0 Å². The predicted molar refractivity (Wildman–Crippen MR) is 112 cm³/mol. The van der Waals surface area contributed by atoms with Gasteiger partial charge >= 0.3 is 7.82 Å². The molecule has 0 saturated carbocycles. The van der Waals surface area contributed by atoms with Crippen molar-refractivity contribution in [2.24, 2.45) is 11.5 Å². The minimum atomic E-state index is -4.18. The first-order chi connectivity index (χ1) is 13.9. The van der Waals surface area contributed by atoms with Crippen LogP contribution >= 0.6 is 7.82 Å². The topological polar surface area (TPSA) is 154 Å². The van der Waals surface area contributed by atoms with Gasteiger partial charge in [0.1, 0.15) is 5.72 Å². The van der Waals surface area contributed by atoms with E-state index in [0.29, 0.717) is 59.5 Å². The zero-order valence-corrected chi connectivity index (χ0v) is 19.7. The number of ether oxygens (including phenoxy) is 5. The molecule has 1 atom stereocenters. The van der Waals surface area contributed by atoms with Crippen LogP contribution in [0, 0.1) is 0 Å². The highest BCUT2D eigenvalue weighted by atomic mass is 31.2. The fraction of sp³-hybridized carbons (Fsp3) is 1.00. The van der Waals surface area contributed by atoms with Crippen molar-refractivity contribution in [3.8, 4) is 0 Å². The third-order valence-electron chi connectivity index (χ3n) is 3.21. The molecule has 0 aromatic carbocycles. The van der Waals surface area contributed by atoms with Crippen molar-refractivity contribution >= 4 is 7.82 Å². The third kappa shape index (κ3) is 24.1. The molecule has 0 aliphatic rings. The molecule has 0 fully saturated rings. The van der Waals surface area contributed by atoms with E-state index in [1.54, 1.807) is 0 Å². The second-order valence-electron chi connectivity index (χ2n) is 7.80. The Morgan fingerprint density at radius 1 is 0.667 bits per heavy atom. The summed E-state index contributed by atoms with van der Waals surface area (Å²) in [6, 6.07) is 0. The Labute approximate surface area is 180 Å². The molecule has 0 aliphatic heterocycles. The van der Waals surface area contributed by atoms with Gasteiger partial charge < -0.3 is 40.0 Å². The van der Waals surface area contributed by atoms with Gasteiger partial charge in [0.25, 0.3) is 0 Å². The lowest BCUT2D eigenvalue weighted by atomic mass is 10.0. The normalized spacial score (nSPS) is 14.8. The van der Waals surface area contributed by atoms with Crippen LogP contribution in [0.4, 0.5) is 0 Å². The highest BCUT2D eigenvalue weighted by Gasteiger charge is 2.28. The van der Waals surface area contributed by atoms with Crippen molar-refractivity contribution in [1.82, 2.24) is 0 Å². The van der Waals surface area contributed by atoms with Crippen LogP contribution in [0.1, 0.15) is 34.1 Å². The Bertz CT molecular complexity index is 456. The maximum Gasteiger partial charge on any atom is 0.474 e. The largest absolute Gasteiger partial charge is 0.474 e. The first kappa shape index (κ1) is 29.8. The molecule has 0 bridgehead atoms. The van der Waals surface area contributed by atoms with Crippen molar-refractivity contribution in [2.75, 3.05) is 72.7 Å². The average molecular weight is 461 g/mol. The maximum absolute atomic E-state index is 11.5. The van der Waals surface area contributed by atoms with Gasteiger partial charge in [0.05, 0.1) is 66.1 Å². The van der Waals surface area contributed by atoms with E-state index in [9.17, 15) is 9.46 Å². The minimum Gasteiger partial charge on any atom is -0.379 e. The molecule has 0 rings (SSSR count). The van der Waals surface area contributed by atoms with Crippen molar-refractivity contribution < 1.29 is 42.2 Å². The average Bonchev–Trinajstić information content (AvgIpc) is 2.57. The predicted octanol–water partition coefficient (Wildman–Crippen LogP) is 1.03. The number of nitrogens with two attached hydrogens (primary N) is 2. The number of phosphoric ester groups is 1. The summed E-state index contributed by atoms with van der Waals surface area (Å²) in [6.45, 7) is 11.1. The van der Waals surface area contributed by atoms with Crippen LogP contribution in [0.15, 0.2) is 0 Å². The summed E-state index contributed by atoms with van der Waals surface area (Å²) < 4.78 is 47.8. The van der Waals surface area contributed by atoms with Gasteiger partial charge in [0.15, 0.2) is 0 Å². The number of hydrogen-bond donors (Lipinski definition) is 3. The van der Waals surface area contributed by atoms with Gasteiger partial charge in [0, 0.05) is 12.1 Å². The molecule has 5 N–H and O–H groups in total. The highest BCUT2D eigenvalue weighted by Crippen LogP contribution is 2.45. The molecule has 0 amide bonds. The standard InChI is InChI=1S/C18H41N2O9P/c1-17(2,19)5-6-23-7-8-24-9-10-25-11-12-26-13-14-27-15-16-28-30(21,22)29-18(3,4)20/h5-16,19-20H2,1-4H3,(H,21,22). The van der Waals surface area contributed by atoms with Crippen LogP contribution in [0.25, 0.3) is 0 Å². The van der Waals surface area contributed by atoms with E-state index in [-0.39, 0.29) is 18.8 Å². The summed E-state index contributed by atoms with van der Waals surface area (Å²) in [6.07, 6.45) is 0.807. The molecule has 0 aromatic heterocycles. The summed E-state index contributed by atoms with van der Waals surface area (Å²) in [5.41, 5.74) is 9.88. The van der Waals surface area contributed by atoms with Gasteiger partial charge in [0.2, 0.25) is 0 Å². The first-order valence-electron chi connectivity index (χ1n) is 10.1. The van der Waals surface area contributed by atoms with E-state index in [1.165, 1.54) is 13.8 Å². The maximum atomic E-state index is 11.5. The van der Waals surface area contributed by atoms with Gasteiger partial charge in [-0.25, -0.2) is 4.57 Å². The second kappa shape index (κ2) is 16.5. The molecule has 0 aliphatic carbocycles. The Balaban J connectivity index is 3.26. The lowest BCUT2D eigenvalue weighted by Gasteiger charge is -2.22. The fourth-order valence-electron chi connectivity index (χ4n) is 1.85. The molecule has 0 aromatic rings. The molecular weight excluding hydrogens is 419 g/mol. The zero-order valence-electron chi connectivity index (χ0n) is 18.8. The Morgan fingerprint density at radius 3 is 1.33 bits per heavy atom. The molecule has 0 heterocycles. The molecule has 0 saturated heterocycles. The summed E-state index contributed by atoms with van der Waals surface area (Å²) in [5.74, 6) is 0. The smallest absolute Gasteiger partial charge is 0.379 e. The van der Waals surface area contributed by atoms with E-state index < -0.39 is 13.5 Å². The molecular formula is C18H41N2O9P. The van der Waals surface area contributed by atoms with Crippen molar-refractivity contribution in [1.29, 1.82) is 0 Å². The van der Waals surface area contributed by atoms with E-state index in [1.807, 2.05) is 13.8 Å². The van der Waals surface area contributed by atoms with Crippen LogP contribution in [0.5, 0.6) is 0 Å². The number of phosphoric acid groups is 1. The molecule has 182 valence electrons. The van der Waals surface area contributed by atoms with Crippen LogP contribution in [0.2, 0.25) is 0 Å². The lowest BCUT2D eigenvalue weighted by molar-refractivity contribution is -0.0152. The van der Waals surface area contributed by atoms with Gasteiger partial charge in [-0.3, -0.25) is 9.05 Å². The van der Waals surface area contributed by atoms with Crippen LogP contribution in [0.3, 0.4) is 0 Å². The summed E-state index contributed by atoms with van der Waals surface area (Å²) in [7, 11) is -4.18. The molecule has 1 unspecified atom stereocenters. The lowest BCUT2D eigenvalue weighted by Crippen LogP contribution is -2.34. The molecule has 0 spiro atoms. The molecule has 12 heteroatoms. The molecule has 30 heavy (non-hydrogen) atoms. The van der Waals surface area contributed by atoms with Crippen LogP contribution in [-0.2, 0) is 37.3 Å². The SMILES string of the molecule is CC(C)(N)CCOCCOCCOCCOCCOCCOP(=O)(O)OC(C)(C)N. The van der Waals surface area contributed by atoms with E-state index in [0.717, 1.165) is 6.42 Å². The number of rotatable bonds is 21. The quantitative estimate of drug-likeness (QED) is 0.128. The van der Waals surface area contributed by atoms with Gasteiger partial charge in [-0.15, -0.1) is 0 Å². The second-order valence-corrected chi connectivity index (χ2v) is 9.17. The Morgan fingerprint density at radius 2 is 1.00 bits per heavy atom. The van der Waals surface area contributed by atoms with Crippen molar-refractivity contribution in [2.45, 2.75) is 45.4 Å². The molecule has 0 radical (unpaired) electrons. The highest BCUT2D eigenvalue weighted by molar-refractivity contribution is 7.47. The Hall–Kier alpha value is -0.170. The summed E-state index contributed by atoms with van der Waals surface area (Å²) in [5, 5.41) is 0. The summed E-state index contributed by atoms with van der Waals surface area (Å²) in [4.78, 5) is 9.42. The fourth-order valence-corrected chi connectivity index (χ4v) is 2.80. The van der Waals surface area contributed by atoms with Gasteiger partial charge in [-0.1, -0.05) is 0 Å². The van der Waals surface area contributed by atoms with Crippen molar-refractivity contribution in [3.63, 3.8) is 0 Å². The third-order valence-corrected chi connectivity index (χ3v) is 4.42. The van der Waals surface area contributed by atoms with Gasteiger partial charge in [-0.2, -0.15) is 0 Å². The molecule has 11 nitrogen and oxygen atoms in total. The van der Waals surface area contributed by atoms with Crippen LogP contribution < -0.4 is 11.5 Å². The van der Waals surface area contributed by atoms with Gasteiger partial charge in [-0.05, 0) is 34.1 Å². The monoisotopic (exact) mass is 460 g/mol. The zero-order chi connectivity index (χ0) is 22.9. The van der Waals surface area contributed by atoms with E-state index in [2.05, 4.69) is 0 Å². The first-order valence-corrected chi connectivity index (χ1v) is 11.6. The van der Waals surface area contributed by atoms with E-state index in [4.69, 9.17) is 44.2 Å². The Kier molecular flexibility index (Phi) is 16.4.